The van der Waals surface area contributed by atoms with Gasteiger partial charge in [0.1, 0.15) is 17.7 Å². The lowest BCUT2D eigenvalue weighted by atomic mass is 9.91. The lowest BCUT2D eigenvalue weighted by Gasteiger charge is -2.17. The van der Waals surface area contributed by atoms with E-state index in [2.05, 4.69) is 40.7 Å². The highest BCUT2D eigenvalue weighted by molar-refractivity contribution is 5.73. The van der Waals surface area contributed by atoms with Gasteiger partial charge in [-0.25, -0.2) is 15.0 Å². The van der Waals surface area contributed by atoms with E-state index in [0.29, 0.717) is 0 Å². The van der Waals surface area contributed by atoms with Crippen molar-refractivity contribution in [2.45, 2.75) is 33.1 Å². The molecule has 0 saturated carbocycles. The van der Waals surface area contributed by atoms with Crippen LogP contribution in [0.5, 0.6) is 0 Å². The van der Waals surface area contributed by atoms with E-state index in [1.54, 1.807) is 6.33 Å². The van der Waals surface area contributed by atoms with Crippen molar-refractivity contribution in [1.29, 1.82) is 0 Å². The molecular weight excluding hydrogens is 176 g/mol. The Balaban J connectivity index is 2.77. The molecule has 0 bridgehead atoms. The summed E-state index contributed by atoms with van der Waals surface area (Å²) in [5.74, 6) is 0.881. The summed E-state index contributed by atoms with van der Waals surface area (Å²) in [7, 11) is 0. The molecule has 0 saturated heterocycles. The number of hydrogen-bond acceptors (Lipinski definition) is 3. The second-order valence-electron chi connectivity index (χ2n) is 4.49. The van der Waals surface area contributed by atoms with Gasteiger partial charge in [-0.2, -0.15) is 0 Å². The molecule has 0 aliphatic carbocycles. The summed E-state index contributed by atoms with van der Waals surface area (Å²) in [6.45, 7) is 8.31. The highest BCUT2D eigenvalue weighted by atomic mass is 15.0. The number of nitrogens with one attached hydrogen (secondary N) is 1. The molecule has 0 atom stereocenters. The number of aromatic amines is 1. The van der Waals surface area contributed by atoms with Crippen LogP contribution in [0.15, 0.2) is 6.33 Å². The molecule has 4 heteroatoms. The third-order valence-electron chi connectivity index (χ3n) is 2.12. The number of nitrogens with zero attached hydrogens (tertiary/aromatic N) is 3. The zero-order valence-electron chi connectivity index (χ0n) is 8.92. The van der Waals surface area contributed by atoms with Crippen molar-refractivity contribution in [2.24, 2.45) is 0 Å². The molecule has 0 fully saturated rings. The minimum absolute atomic E-state index is 0.0141. The first-order chi connectivity index (χ1) is 6.48. The van der Waals surface area contributed by atoms with Crippen molar-refractivity contribution in [3.8, 4) is 0 Å². The number of imidazole rings is 1. The van der Waals surface area contributed by atoms with Gasteiger partial charge in [0.15, 0.2) is 5.65 Å². The summed E-state index contributed by atoms with van der Waals surface area (Å²) in [5.41, 5.74) is 2.74. The highest BCUT2D eigenvalue weighted by Gasteiger charge is 2.20. The Labute approximate surface area is 82.8 Å². The molecule has 4 nitrogen and oxygen atoms in total. The van der Waals surface area contributed by atoms with Crippen molar-refractivity contribution >= 4 is 11.2 Å². The third kappa shape index (κ3) is 1.36. The maximum absolute atomic E-state index is 4.31. The molecule has 1 N–H and O–H groups in total. The van der Waals surface area contributed by atoms with Gasteiger partial charge in [-0.05, 0) is 6.92 Å². The van der Waals surface area contributed by atoms with Gasteiger partial charge in [0.2, 0.25) is 0 Å². The summed E-state index contributed by atoms with van der Waals surface area (Å²) in [6, 6.07) is 0. The fourth-order valence-corrected chi connectivity index (χ4v) is 1.51. The van der Waals surface area contributed by atoms with Gasteiger partial charge >= 0.3 is 0 Å². The maximum Gasteiger partial charge on any atom is 0.181 e. The number of H-pyrrole nitrogens is 1. The van der Waals surface area contributed by atoms with Crippen LogP contribution in [-0.4, -0.2) is 19.9 Å². The van der Waals surface area contributed by atoms with E-state index in [1.807, 2.05) is 6.92 Å². The zero-order valence-corrected chi connectivity index (χ0v) is 8.92. The van der Waals surface area contributed by atoms with Gasteiger partial charge < -0.3 is 4.98 Å². The lowest BCUT2D eigenvalue weighted by molar-refractivity contribution is 0.573. The number of aryl methyl sites for hydroxylation is 1. The standard InChI is InChI=1S/C10H14N4/c1-6-13-7-8(10(2,3)4)11-5-12-9(7)14-6/h5H,1-4H3,(H,11,12,13,14). The lowest BCUT2D eigenvalue weighted by Crippen LogP contribution is -2.14. The molecule has 2 aromatic heterocycles. The number of fused-ring (bicyclic) bond motifs is 1. The fourth-order valence-electron chi connectivity index (χ4n) is 1.51. The van der Waals surface area contributed by atoms with E-state index in [9.17, 15) is 0 Å². The van der Waals surface area contributed by atoms with Crippen LogP contribution in [0.4, 0.5) is 0 Å². The Morgan fingerprint density at radius 1 is 1.21 bits per heavy atom. The molecule has 2 aromatic rings. The molecule has 0 spiro atoms. The maximum atomic E-state index is 4.31. The van der Waals surface area contributed by atoms with Gasteiger partial charge in [-0.3, -0.25) is 0 Å². The van der Waals surface area contributed by atoms with Crippen LogP contribution in [0.2, 0.25) is 0 Å². The second kappa shape index (κ2) is 2.77. The van der Waals surface area contributed by atoms with E-state index >= 15 is 0 Å². The number of hydrogen-bond donors (Lipinski definition) is 1. The van der Waals surface area contributed by atoms with Gasteiger partial charge in [0.05, 0.1) is 5.69 Å². The van der Waals surface area contributed by atoms with Crippen molar-refractivity contribution in [2.75, 3.05) is 0 Å². The van der Waals surface area contributed by atoms with Gasteiger partial charge in [-0.15, -0.1) is 0 Å². The van der Waals surface area contributed by atoms with Crippen molar-refractivity contribution in [1.82, 2.24) is 19.9 Å². The highest BCUT2D eigenvalue weighted by Crippen LogP contribution is 2.25. The molecule has 0 aliphatic rings. The Morgan fingerprint density at radius 3 is 2.57 bits per heavy atom. The first kappa shape index (κ1) is 9.12. The zero-order chi connectivity index (χ0) is 10.3. The summed E-state index contributed by atoms with van der Waals surface area (Å²) in [4.78, 5) is 15.9. The Kier molecular flexibility index (Phi) is 1.80. The average Bonchev–Trinajstić information content (AvgIpc) is 2.41. The molecule has 0 amide bonds. The summed E-state index contributed by atoms with van der Waals surface area (Å²) in [6.07, 6.45) is 1.57. The molecular formula is C10H14N4. The number of rotatable bonds is 0. The van der Waals surface area contributed by atoms with E-state index in [1.165, 1.54) is 0 Å². The normalized spacial score (nSPS) is 12.3. The van der Waals surface area contributed by atoms with Crippen LogP contribution in [0, 0.1) is 6.92 Å². The molecule has 74 valence electrons. The Bertz CT molecular complexity index is 464. The first-order valence-electron chi connectivity index (χ1n) is 4.66. The van der Waals surface area contributed by atoms with Crippen LogP contribution in [0.3, 0.4) is 0 Å². The monoisotopic (exact) mass is 190 g/mol. The molecule has 0 unspecified atom stereocenters. The Hall–Kier alpha value is -1.45. The summed E-state index contributed by atoms with van der Waals surface area (Å²) in [5, 5.41) is 0. The predicted molar refractivity (Wildman–Crippen MR) is 55.1 cm³/mol. The summed E-state index contributed by atoms with van der Waals surface area (Å²) < 4.78 is 0. The molecule has 14 heavy (non-hydrogen) atoms. The van der Waals surface area contributed by atoms with Crippen molar-refractivity contribution in [3.63, 3.8) is 0 Å². The molecule has 0 aliphatic heterocycles. The predicted octanol–water partition coefficient (Wildman–Crippen LogP) is 1.96. The van der Waals surface area contributed by atoms with Gasteiger partial charge in [0.25, 0.3) is 0 Å². The van der Waals surface area contributed by atoms with Crippen LogP contribution in [-0.2, 0) is 5.41 Å². The minimum atomic E-state index is 0.0141. The topological polar surface area (TPSA) is 54.5 Å². The van der Waals surface area contributed by atoms with E-state index in [-0.39, 0.29) is 5.41 Å². The molecule has 2 rings (SSSR count). The van der Waals surface area contributed by atoms with Crippen LogP contribution >= 0.6 is 0 Å². The van der Waals surface area contributed by atoms with Gasteiger partial charge in [0, 0.05) is 5.41 Å². The van der Waals surface area contributed by atoms with Crippen molar-refractivity contribution < 1.29 is 0 Å². The minimum Gasteiger partial charge on any atom is -0.339 e. The molecule has 0 radical (unpaired) electrons. The van der Waals surface area contributed by atoms with E-state index in [4.69, 9.17) is 0 Å². The molecule has 2 heterocycles. The second-order valence-corrected chi connectivity index (χ2v) is 4.49. The van der Waals surface area contributed by atoms with Gasteiger partial charge in [-0.1, -0.05) is 20.8 Å². The van der Waals surface area contributed by atoms with Crippen LogP contribution < -0.4 is 0 Å². The SMILES string of the molecule is Cc1nc2ncnc(C(C)(C)C)c2[nH]1. The van der Waals surface area contributed by atoms with Crippen LogP contribution in [0.1, 0.15) is 32.3 Å². The fraction of sp³-hybridized carbons (Fsp3) is 0.500. The number of aromatic nitrogens is 4. The van der Waals surface area contributed by atoms with E-state index < -0.39 is 0 Å². The summed E-state index contributed by atoms with van der Waals surface area (Å²) >= 11 is 0. The quantitative estimate of drug-likeness (QED) is 0.690. The largest absolute Gasteiger partial charge is 0.339 e. The van der Waals surface area contributed by atoms with Crippen molar-refractivity contribution in [3.05, 3.63) is 17.8 Å². The smallest absolute Gasteiger partial charge is 0.181 e. The molecule has 0 aromatic carbocycles. The third-order valence-corrected chi connectivity index (χ3v) is 2.12. The van der Waals surface area contributed by atoms with E-state index in [0.717, 1.165) is 22.7 Å². The first-order valence-corrected chi connectivity index (χ1v) is 4.66. The average molecular weight is 190 g/mol. The Morgan fingerprint density at radius 2 is 1.93 bits per heavy atom. The van der Waals surface area contributed by atoms with Crippen LogP contribution in [0.25, 0.3) is 11.2 Å².